The Balaban J connectivity index is 2.71. The first-order valence-electron chi connectivity index (χ1n) is 7.40. The smallest absolute Gasteiger partial charge is 0.344 e. The van der Waals surface area contributed by atoms with E-state index in [0.717, 1.165) is 0 Å². The summed E-state index contributed by atoms with van der Waals surface area (Å²) >= 11 is 0. The van der Waals surface area contributed by atoms with Crippen LogP contribution in [0.15, 0.2) is 50.8 Å². The topological polar surface area (TPSA) is 108 Å². The van der Waals surface area contributed by atoms with Crippen LogP contribution in [0.25, 0.3) is 11.0 Å². The number of anilines is 1. The van der Waals surface area contributed by atoms with Crippen LogP contribution >= 0.6 is 0 Å². The van der Waals surface area contributed by atoms with Gasteiger partial charge in [0.2, 0.25) is 5.88 Å². The van der Waals surface area contributed by atoms with Gasteiger partial charge in [-0.25, -0.2) is 9.59 Å². The predicted octanol–water partition coefficient (Wildman–Crippen LogP) is 2.45. The van der Waals surface area contributed by atoms with Crippen LogP contribution in [0, 0.1) is 0 Å². The van der Waals surface area contributed by atoms with Crippen LogP contribution < -0.4 is 10.3 Å². The summed E-state index contributed by atoms with van der Waals surface area (Å²) in [6.45, 7) is 3.60. The number of hydrogen-bond donors (Lipinski definition) is 2. The van der Waals surface area contributed by atoms with E-state index in [2.05, 4.69) is 0 Å². The maximum Gasteiger partial charge on any atom is 0.344 e. The molecule has 0 amide bonds. The Morgan fingerprint density at radius 3 is 2.29 bits per heavy atom. The van der Waals surface area contributed by atoms with E-state index < -0.39 is 17.5 Å². The molecule has 0 spiro atoms. The Morgan fingerprint density at radius 1 is 1.12 bits per heavy atom. The van der Waals surface area contributed by atoms with Crippen molar-refractivity contribution in [2.75, 3.05) is 11.4 Å². The number of allylic oxidation sites excluding steroid dienone is 1. The SMILES string of the molecule is CCC(=C(C(=O)O)C(=O)O)N(CC)c1cc(=O)c2ccccc2o1. The van der Waals surface area contributed by atoms with Crippen molar-refractivity contribution in [3.8, 4) is 0 Å². The molecule has 0 bridgehead atoms. The molecule has 126 valence electrons. The normalized spacial score (nSPS) is 10.4. The number of fused-ring (bicyclic) bond motifs is 1. The summed E-state index contributed by atoms with van der Waals surface area (Å²) in [7, 11) is 0. The van der Waals surface area contributed by atoms with Crippen LogP contribution in [-0.4, -0.2) is 28.7 Å². The quantitative estimate of drug-likeness (QED) is 0.475. The van der Waals surface area contributed by atoms with Crippen LogP contribution in [0.1, 0.15) is 20.3 Å². The summed E-state index contributed by atoms with van der Waals surface area (Å²) in [5.74, 6) is -2.97. The van der Waals surface area contributed by atoms with Gasteiger partial charge in [0, 0.05) is 18.3 Å². The van der Waals surface area contributed by atoms with Gasteiger partial charge in [-0.3, -0.25) is 4.79 Å². The van der Waals surface area contributed by atoms with E-state index in [-0.39, 0.29) is 30.0 Å². The molecule has 0 aliphatic heterocycles. The van der Waals surface area contributed by atoms with Gasteiger partial charge in [0.05, 0.1) is 5.39 Å². The molecule has 0 unspecified atom stereocenters. The zero-order chi connectivity index (χ0) is 17.9. The van der Waals surface area contributed by atoms with Crippen molar-refractivity contribution in [1.82, 2.24) is 0 Å². The van der Waals surface area contributed by atoms with Crippen LogP contribution in [0.2, 0.25) is 0 Å². The third-order valence-corrected chi connectivity index (χ3v) is 3.58. The molecule has 7 nitrogen and oxygen atoms in total. The second-order valence-corrected chi connectivity index (χ2v) is 4.97. The Morgan fingerprint density at radius 2 is 1.75 bits per heavy atom. The Labute approximate surface area is 137 Å². The first-order valence-corrected chi connectivity index (χ1v) is 7.40. The first kappa shape index (κ1) is 17.3. The lowest BCUT2D eigenvalue weighted by Gasteiger charge is -2.25. The molecular weight excluding hydrogens is 314 g/mol. The highest BCUT2D eigenvalue weighted by molar-refractivity contribution is 6.13. The fourth-order valence-electron chi connectivity index (χ4n) is 2.54. The molecule has 0 fully saturated rings. The van der Waals surface area contributed by atoms with Gasteiger partial charge < -0.3 is 19.5 Å². The molecule has 0 atom stereocenters. The lowest BCUT2D eigenvalue weighted by Crippen LogP contribution is -2.28. The van der Waals surface area contributed by atoms with E-state index in [1.165, 1.54) is 11.0 Å². The Bertz CT molecular complexity index is 864. The Kier molecular flexibility index (Phi) is 5.03. The molecule has 0 saturated carbocycles. The minimum Gasteiger partial charge on any atom is -0.477 e. The largest absolute Gasteiger partial charge is 0.477 e. The number of nitrogens with zero attached hydrogens (tertiary/aromatic N) is 1. The minimum atomic E-state index is -1.54. The average molecular weight is 331 g/mol. The van der Waals surface area contributed by atoms with E-state index in [4.69, 9.17) is 4.42 Å². The minimum absolute atomic E-state index is 0.0657. The second kappa shape index (κ2) is 6.99. The van der Waals surface area contributed by atoms with Gasteiger partial charge in [0.25, 0.3) is 0 Å². The third kappa shape index (κ3) is 3.15. The van der Waals surface area contributed by atoms with E-state index >= 15 is 0 Å². The number of benzene rings is 1. The predicted molar refractivity (Wildman–Crippen MR) is 88.1 cm³/mol. The molecule has 2 aromatic rings. The summed E-state index contributed by atoms with van der Waals surface area (Å²) < 4.78 is 5.69. The molecule has 0 radical (unpaired) electrons. The number of carboxylic acid groups (broad SMARTS) is 2. The molecule has 0 aliphatic carbocycles. The highest BCUT2D eigenvalue weighted by atomic mass is 16.4. The monoisotopic (exact) mass is 331 g/mol. The van der Waals surface area contributed by atoms with Crippen molar-refractivity contribution < 1.29 is 24.2 Å². The maximum atomic E-state index is 12.2. The lowest BCUT2D eigenvalue weighted by atomic mass is 10.1. The Hall–Kier alpha value is -3.09. The summed E-state index contributed by atoms with van der Waals surface area (Å²) in [5.41, 5.74) is -0.611. The number of carbonyl (C=O) groups is 2. The zero-order valence-electron chi connectivity index (χ0n) is 13.3. The number of rotatable bonds is 6. The summed E-state index contributed by atoms with van der Waals surface area (Å²) in [4.78, 5) is 36.3. The van der Waals surface area contributed by atoms with Crippen LogP contribution in [0.3, 0.4) is 0 Å². The molecule has 2 N–H and O–H groups in total. The van der Waals surface area contributed by atoms with Crippen LogP contribution in [-0.2, 0) is 9.59 Å². The second-order valence-electron chi connectivity index (χ2n) is 4.97. The van der Waals surface area contributed by atoms with Gasteiger partial charge in [-0.2, -0.15) is 0 Å². The highest BCUT2D eigenvalue weighted by Gasteiger charge is 2.26. The molecule has 1 aromatic carbocycles. The van der Waals surface area contributed by atoms with E-state index in [1.54, 1.807) is 38.1 Å². The van der Waals surface area contributed by atoms with E-state index in [1.807, 2.05) is 0 Å². The summed E-state index contributed by atoms with van der Waals surface area (Å²) in [6.07, 6.45) is 0.151. The van der Waals surface area contributed by atoms with E-state index in [9.17, 15) is 24.6 Å². The van der Waals surface area contributed by atoms with Crippen molar-refractivity contribution in [3.05, 3.63) is 51.8 Å². The van der Waals surface area contributed by atoms with Crippen LogP contribution in [0.5, 0.6) is 0 Å². The van der Waals surface area contributed by atoms with Gasteiger partial charge in [0.15, 0.2) is 11.0 Å². The standard InChI is InChI=1S/C17H17NO6/c1-3-11(15(16(20)21)17(22)23)18(4-2)14-9-12(19)10-7-5-6-8-13(10)24-14/h5-9H,3-4H2,1-2H3,(H,20,21)(H,22,23). The molecule has 1 heterocycles. The number of para-hydroxylation sites is 1. The van der Waals surface area contributed by atoms with Gasteiger partial charge in [-0.15, -0.1) is 0 Å². The fraction of sp³-hybridized carbons (Fsp3) is 0.235. The summed E-state index contributed by atoms with van der Waals surface area (Å²) in [5, 5.41) is 18.8. The van der Waals surface area contributed by atoms with Gasteiger partial charge in [-0.05, 0) is 25.5 Å². The van der Waals surface area contributed by atoms with Gasteiger partial charge >= 0.3 is 11.9 Å². The number of carboxylic acids is 2. The fourth-order valence-corrected chi connectivity index (χ4v) is 2.54. The molecule has 7 heteroatoms. The third-order valence-electron chi connectivity index (χ3n) is 3.58. The molecule has 0 saturated heterocycles. The zero-order valence-corrected chi connectivity index (χ0v) is 13.3. The van der Waals surface area contributed by atoms with E-state index in [0.29, 0.717) is 11.0 Å². The summed E-state index contributed by atoms with van der Waals surface area (Å²) in [6, 6.07) is 7.90. The van der Waals surface area contributed by atoms with Crippen molar-refractivity contribution in [2.45, 2.75) is 20.3 Å². The lowest BCUT2D eigenvalue weighted by molar-refractivity contribution is -0.140. The highest BCUT2D eigenvalue weighted by Crippen LogP contribution is 2.25. The van der Waals surface area contributed by atoms with Gasteiger partial charge in [0.1, 0.15) is 5.58 Å². The first-order chi connectivity index (χ1) is 11.4. The molecule has 2 rings (SSSR count). The number of hydrogen-bond acceptors (Lipinski definition) is 5. The van der Waals surface area contributed by atoms with Crippen molar-refractivity contribution >= 4 is 28.8 Å². The van der Waals surface area contributed by atoms with Crippen molar-refractivity contribution in [3.63, 3.8) is 0 Å². The molecule has 0 aliphatic rings. The molecule has 24 heavy (non-hydrogen) atoms. The van der Waals surface area contributed by atoms with Crippen molar-refractivity contribution in [2.24, 2.45) is 0 Å². The average Bonchev–Trinajstić information content (AvgIpc) is 2.53. The van der Waals surface area contributed by atoms with Crippen molar-refractivity contribution in [1.29, 1.82) is 0 Å². The van der Waals surface area contributed by atoms with Gasteiger partial charge in [-0.1, -0.05) is 19.1 Å². The maximum absolute atomic E-state index is 12.2. The number of aliphatic carboxylic acids is 2. The molecule has 1 aromatic heterocycles. The molecular formula is C17H17NO6. The van der Waals surface area contributed by atoms with Crippen LogP contribution in [0.4, 0.5) is 5.88 Å².